The molecule has 1 heterocycles. The molecule has 0 radical (unpaired) electrons. The first-order chi connectivity index (χ1) is 12.1. The minimum Gasteiger partial charge on any atom is -0.497 e. The van der Waals surface area contributed by atoms with Crippen molar-refractivity contribution in [2.75, 3.05) is 27.7 Å². The second-order valence-electron chi connectivity index (χ2n) is 6.42. The number of amides is 1. The molecule has 1 N–H and O–H groups in total. The number of fused-ring (bicyclic) bond motifs is 1. The van der Waals surface area contributed by atoms with E-state index >= 15 is 0 Å². The van der Waals surface area contributed by atoms with Crippen LogP contribution in [0.3, 0.4) is 0 Å². The van der Waals surface area contributed by atoms with Crippen molar-refractivity contribution in [3.05, 3.63) is 59.7 Å². The van der Waals surface area contributed by atoms with Crippen molar-refractivity contribution < 1.29 is 9.53 Å². The van der Waals surface area contributed by atoms with Crippen LogP contribution in [0.5, 0.6) is 5.75 Å². The van der Waals surface area contributed by atoms with Crippen molar-refractivity contribution in [2.45, 2.75) is 22.6 Å². The number of methoxy groups -OCH3 is 1. The quantitative estimate of drug-likeness (QED) is 0.863. The van der Waals surface area contributed by atoms with E-state index < -0.39 is 0 Å². The largest absolute Gasteiger partial charge is 0.497 e. The van der Waals surface area contributed by atoms with Gasteiger partial charge in [-0.3, -0.25) is 4.79 Å². The van der Waals surface area contributed by atoms with E-state index in [1.165, 1.54) is 10.5 Å². The Balaban J connectivity index is 1.63. The molecular weight excluding hydrogens is 332 g/mol. The zero-order valence-electron chi connectivity index (χ0n) is 14.9. The molecule has 0 fully saturated rings. The summed E-state index contributed by atoms with van der Waals surface area (Å²) in [6.45, 7) is 0.576. The lowest BCUT2D eigenvalue weighted by molar-refractivity contribution is -0.120. The summed E-state index contributed by atoms with van der Waals surface area (Å²) in [5.41, 5.74) is 2.40. The van der Waals surface area contributed by atoms with Gasteiger partial charge in [0.25, 0.3) is 0 Å². The number of nitrogens with one attached hydrogen (secondary N) is 1. The number of likely N-dealkylation sites (N-methyl/N-ethyl adjacent to an activating group) is 1. The summed E-state index contributed by atoms with van der Waals surface area (Å²) in [5.74, 6) is 0.938. The summed E-state index contributed by atoms with van der Waals surface area (Å²) in [6.07, 6.45) is 0.804. The highest BCUT2D eigenvalue weighted by Gasteiger charge is 2.28. The van der Waals surface area contributed by atoms with Crippen LogP contribution in [0.15, 0.2) is 53.4 Å². The van der Waals surface area contributed by atoms with E-state index in [0.717, 1.165) is 17.7 Å². The first-order valence-electron chi connectivity index (χ1n) is 8.41. The number of nitrogens with zero attached hydrogens (tertiary/aromatic N) is 1. The van der Waals surface area contributed by atoms with Gasteiger partial charge in [-0.1, -0.05) is 30.3 Å². The number of thioether (sulfide) groups is 1. The number of ether oxygens (including phenoxy) is 1. The molecule has 0 bridgehead atoms. The topological polar surface area (TPSA) is 41.6 Å². The lowest BCUT2D eigenvalue weighted by Crippen LogP contribution is -2.38. The Morgan fingerprint density at radius 3 is 2.80 bits per heavy atom. The van der Waals surface area contributed by atoms with Gasteiger partial charge in [0, 0.05) is 11.4 Å². The zero-order chi connectivity index (χ0) is 17.8. The Morgan fingerprint density at radius 2 is 2.08 bits per heavy atom. The monoisotopic (exact) mass is 356 g/mol. The molecule has 0 aromatic heterocycles. The van der Waals surface area contributed by atoms with Gasteiger partial charge in [-0.2, -0.15) is 0 Å². The summed E-state index contributed by atoms with van der Waals surface area (Å²) >= 11 is 1.66. The molecule has 2 aromatic rings. The van der Waals surface area contributed by atoms with Crippen molar-refractivity contribution in [1.29, 1.82) is 0 Å². The third-order valence-corrected chi connectivity index (χ3v) is 5.83. The van der Waals surface area contributed by atoms with Crippen LogP contribution in [0.25, 0.3) is 0 Å². The van der Waals surface area contributed by atoms with E-state index in [4.69, 9.17) is 4.74 Å². The average Bonchev–Trinajstić information content (AvgIpc) is 3.06. The fourth-order valence-corrected chi connectivity index (χ4v) is 4.31. The van der Waals surface area contributed by atoms with Crippen molar-refractivity contribution in [3.8, 4) is 5.75 Å². The summed E-state index contributed by atoms with van der Waals surface area (Å²) < 4.78 is 5.32. The van der Waals surface area contributed by atoms with E-state index in [0.29, 0.717) is 6.54 Å². The molecule has 25 heavy (non-hydrogen) atoms. The molecule has 3 rings (SSSR count). The van der Waals surface area contributed by atoms with Crippen LogP contribution in [0.1, 0.15) is 17.2 Å². The van der Waals surface area contributed by atoms with Gasteiger partial charge in [-0.15, -0.1) is 11.8 Å². The Bertz CT molecular complexity index is 723. The fraction of sp³-hybridized carbons (Fsp3) is 0.350. The highest BCUT2D eigenvalue weighted by molar-refractivity contribution is 8.01. The van der Waals surface area contributed by atoms with Gasteiger partial charge in [0.05, 0.1) is 18.4 Å². The summed E-state index contributed by atoms with van der Waals surface area (Å²) in [7, 11) is 5.72. The predicted octanol–water partition coefficient (Wildman–Crippen LogP) is 3.13. The second-order valence-corrected chi connectivity index (χ2v) is 7.66. The smallest absolute Gasteiger partial charge is 0.233 e. The number of carbonyl (C=O) groups excluding carboxylic acids is 1. The molecule has 5 heteroatoms. The molecule has 1 amide bonds. The van der Waals surface area contributed by atoms with Gasteiger partial charge in [-0.05, 0) is 49.8 Å². The van der Waals surface area contributed by atoms with E-state index in [2.05, 4.69) is 28.4 Å². The molecule has 0 spiro atoms. The SMILES string of the molecule is COc1cccc(C(CNC(=O)C2Cc3ccccc3S2)N(C)C)c1. The molecular formula is C20H24N2O2S. The van der Waals surface area contributed by atoms with Gasteiger partial charge in [0.15, 0.2) is 0 Å². The van der Waals surface area contributed by atoms with E-state index in [1.54, 1.807) is 18.9 Å². The second kappa shape index (κ2) is 7.93. The normalized spacial score (nSPS) is 17.2. The Labute approximate surface area is 153 Å². The minimum absolute atomic E-state index is 0.0366. The lowest BCUT2D eigenvalue weighted by Gasteiger charge is -2.26. The Morgan fingerprint density at radius 1 is 1.28 bits per heavy atom. The highest BCUT2D eigenvalue weighted by atomic mass is 32.2. The van der Waals surface area contributed by atoms with Crippen molar-refractivity contribution in [3.63, 3.8) is 0 Å². The van der Waals surface area contributed by atoms with Gasteiger partial charge in [0.2, 0.25) is 5.91 Å². The summed E-state index contributed by atoms with van der Waals surface area (Å²) in [4.78, 5) is 16.0. The van der Waals surface area contributed by atoms with E-state index in [1.807, 2.05) is 44.4 Å². The molecule has 132 valence electrons. The molecule has 0 aliphatic carbocycles. The van der Waals surface area contributed by atoms with E-state index in [-0.39, 0.29) is 17.2 Å². The van der Waals surface area contributed by atoms with Crippen molar-refractivity contribution in [2.24, 2.45) is 0 Å². The lowest BCUT2D eigenvalue weighted by atomic mass is 10.1. The van der Waals surface area contributed by atoms with Gasteiger partial charge in [0.1, 0.15) is 5.75 Å². The van der Waals surface area contributed by atoms with Crippen LogP contribution in [0.4, 0.5) is 0 Å². The maximum Gasteiger partial charge on any atom is 0.233 e. The zero-order valence-corrected chi connectivity index (χ0v) is 15.7. The van der Waals surface area contributed by atoms with Crippen LogP contribution >= 0.6 is 11.8 Å². The highest BCUT2D eigenvalue weighted by Crippen LogP contribution is 2.36. The number of hydrogen-bond acceptors (Lipinski definition) is 4. The van der Waals surface area contributed by atoms with Crippen LogP contribution in [-0.2, 0) is 11.2 Å². The molecule has 2 unspecified atom stereocenters. The van der Waals surface area contributed by atoms with Crippen molar-refractivity contribution in [1.82, 2.24) is 10.2 Å². The first-order valence-corrected chi connectivity index (χ1v) is 9.29. The maximum absolute atomic E-state index is 12.6. The van der Waals surface area contributed by atoms with Crippen LogP contribution in [-0.4, -0.2) is 43.8 Å². The average molecular weight is 356 g/mol. The van der Waals surface area contributed by atoms with Crippen molar-refractivity contribution >= 4 is 17.7 Å². The molecule has 1 aliphatic rings. The molecule has 2 atom stereocenters. The van der Waals surface area contributed by atoms with Crippen LogP contribution < -0.4 is 10.1 Å². The molecule has 0 saturated carbocycles. The van der Waals surface area contributed by atoms with Crippen LogP contribution in [0, 0.1) is 0 Å². The van der Waals surface area contributed by atoms with Gasteiger partial charge in [-0.25, -0.2) is 0 Å². The fourth-order valence-electron chi connectivity index (χ4n) is 3.09. The van der Waals surface area contributed by atoms with E-state index in [9.17, 15) is 4.79 Å². The van der Waals surface area contributed by atoms with Crippen LogP contribution in [0.2, 0.25) is 0 Å². The maximum atomic E-state index is 12.6. The predicted molar refractivity (Wildman–Crippen MR) is 102 cm³/mol. The Kier molecular flexibility index (Phi) is 5.66. The molecule has 0 saturated heterocycles. The minimum atomic E-state index is -0.0366. The number of rotatable bonds is 6. The van der Waals surface area contributed by atoms with Gasteiger partial charge >= 0.3 is 0 Å². The Hall–Kier alpha value is -1.98. The molecule has 1 aliphatic heterocycles. The molecule has 2 aromatic carbocycles. The standard InChI is InChI=1S/C20H24N2O2S/c1-22(2)17(14-8-6-9-16(11-14)24-3)13-21-20(23)19-12-15-7-4-5-10-18(15)25-19/h4-11,17,19H,12-13H2,1-3H3,(H,21,23). The third kappa shape index (κ3) is 4.17. The third-order valence-electron chi connectivity index (χ3n) is 4.51. The number of benzene rings is 2. The molecule has 4 nitrogen and oxygen atoms in total. The number of hydrogen-bond donors (Lipinski definition) is 1. The number of carbonyl (C=O) groups is 1. The summed E-state index contributed by atoms with van der Waals surface area (Å²) in [6, 6.07) is 16.4. The van der Waals surface area contributed by atoms with Gasteiger partial charge < -0.3 is 15.0 Å². The summed E-state index contributed by atoms with van der Waals surface area (Å²) in [5, 5.41) is 3.10. The first kappa shape index (κ1) is 17.8.